The first-order chi connectivity index (χ1) is 15.2. The van der Waals surface area contributed by atoms with E-state index in [2.05, 4.69) is 10.0 Å². The van der Waals surface area contributed by atoms with Crippen molar-refractivity contribution < 1.29 is 17.9 Å². The molecule has 0 saturated carbocycles. The predicted molar refractivity (Wildman–Crippen MR) is 130 cm³/mol. The van der Waals surface area contributed by atoms with Crippen molar-refractivity contribution >= 4 is 50.7 Å². The molecule has 1 amide bonds. The molecule has 3 aromatic carbocycles. The quantitative estimate of drug-likeness (QED) is 0.403. The Balaban J connectivity index is 1.64. The molecule has 168 valence electrons. The highest BCUT2D eigenvalue weighted by Crippen LogP contribution is 2.27. The molecule has 3 rings (SSSR count). The monoisotopic (exact) mass is 490 g/mol. The summed E-state index contributed by atoms with van der Waals surface area (Å²) >= 11 is 7.39. The molecular formula is C23H23ClN2O4S2. The summed E-state index contributed by atoms with van der Waals surface area (Å²) < 4.78 is 33.1. The highest BCUT2D eigenvalue weighted by molar-refractivity contribution is 8.00. The van der Waals surface area contributed by atoms with E-state index in [1.165, 1.54) is 23.9 Å². The van der Waals surface area contributed by atoms with Crippen LogP contribution in [0.3, 0.4) is 0 Å². The lowest BCUT2D eigenvalue weighted by atomic mass is 10.2. The number of hydrogen-bond acceptors (Lipinski definition) is 5. The molecule has 0 bridgehead atoms. The Kier molecular flexibility index (Phi) is 7.71. The molecule has 0 spiro atoms. The van der Waals surface area contributed by atoms with Crippen molar-refractivity contribution in [3.8, 4) is 5.75 Å². The number of carbonyl (C=O) groups excluding carboxylic acids is 1. The van der Waals surface area contributed by atoms with E-state index >= 15 is 0 Å². The molecule has 6 nitrogen and oxygen atoms in total. The number of hydrogen-bond donors (Lipinski definition) is 2. The number of sulfonamides is 1. The van der Waals surface area contributed by atoms with Gasteiger partial charge in [-0.05, 0) is 80.1 Å². The summed E-state index contributed by atoms with van der Waals surface area (Å²) in [7, 11) is -2.20. The summed E-state index contributed by atoms with van der Waals surface area (Å²) in [5.74, 6) is 0.565. The molecule has 0 fully saturated rings. The second-order valence-corrected chi connectivity index (χ2v) is 10.5. The van der Waals surface area contributed by atoms with Crippen LogP contribution < -0.4 is 14.8 Å². The number of ether oxygens (including phenoxy) is 1. The normalized spacial score (nSPS) is 12.1. The minimum atomic E-state index is -3.80. The Labute approximate surface area is 197 Å². The average Bonchev–Trinajstić information content (AvgIpc) is 2.77. The summed E-state index contributed by atoms with van der Waals surface area (Å²) in [5, 5.41) is 2.90. The molecule has 0 unspecified atom stereocenters. The van der Waals surface area contributed by atoms with Crippen LogP contribution in [0.5, 0.6) is 5.75 Å². The first-order valence-electron chi connectivity index (χ1n) is 9.68. The highest BCUT2D eigenvalue weighted by atomic mass is 35.5. The fraction of sp³-hybridized carbons (Fsp3) is 0.174. The average molecular weight is 491 g/mol. The van der Waals surface area contributed by atoms with Crippen molar-refractivity contribution in [2.75, 3.05) is 17.1 Å². The van der Waals surface area contributed by atoms with E-state index in [4.69, 9.17) is 16.3 Å². The maximum atomic E-state index is 12.7. The van der Waals surface area contributed by atoms with Crippen LogP contribution in [0.4, 0.5) is 11.4 Å². The lowest BCUT2D eigenvalue weighted by molar-refractivity contribution is -0.115. The molecule has 3 aromatic rings. The van der Waals surface area contributed by atoms with Crippen LogP contribution in [-0.4, -0.2) is 26.7 Å². The van der Waals surface area contributed by atoms with Crippen molar-refractivity contribution in [3.05, 3.63) is 77.3 Å². The molecule has 1 atom stereocenters. The molecular weight excluding hydrogens is 468 g/mol. The van der Waals surface area contributed by atoms with Crippen molar-refractivity contribution in [2.24, 2.45) is 0 Å². The van der Waals surface area contributed by atoms with Gasteiger partial charge < -0.3 is 10.1 Å². The first-order valence-corrected chi connectivity index (χ1v) is 12.4. The number of thioether (sulfide) groups is 1. The van der Waals surface area contributed by atoms with E-state index in [1.807, 2.05) is 24.3 Å². The van der Waals surface area contributed by atoms with Gasteiger partial charge in [0.05, 0.1) is 22.9 Å². The van der Waals surface area contributed by atoms with Crippen LogP contribution in [0, 0.1) is 6.92 Å². The molecule has 0 aliphatic heterocycles. The van der Waals surface area contributed by atoms with Gasteiger partial charge in [-0.1, -0.05) is 17.7 Å². The van der Waals surface area contributed by atoms with Gasteiger partial charge in [-0.25, -0.2) is 8.42 Å². The zero-order valence-corrected chi connectivity index (χ0v) is 20.1. The van der Waals surface area contributed by atoms with Crippen LogP contribution >= 0.6 is 23.4 Å². The predicted octanol–water partition coefficient (Wildman–Crippen LogP) is 5.58. The maximum absolute atomic E-state index is 12.7. The molecule has 2 N–H and O–H groups in total. The van der Waals surface area contributed by atoms with Gasteiger partial charge in [0.15, 0.2) is 0 Å². The Hall–Kier alpha value is -2.68. The van der Waals surface area contributed by atoms with Crippen molar-refractivity contribution in [3.63, 3.8) is 0 Å². The number of aryl methyl sites for hydroxylation is 1. The highest BCUT2D eigenvalue weighted by Gasteiger charge is 2.18. The summed E-state index contributed by atoms with van der Waals surface area (Å²) in [6.07, 6.45) is 0. The van der Waals surface area contributed by atoms with Crippen molar-refractivity contribution in [2.45, 2.75) is 28.9 Å². The molecule has 0 aliphatic carbocycles. The van der Waals surface area contributed by atoms with E-state index in [9.17, 15) is 13.2 Å². The van der Waals surface area contributed by atoms with Crippen LogP contribution in [0.1, 0.15) is 12.5 Å². The lowest BCUT2D eigenvalue weighted by Gasteiger charge is -2.14. The molecule has 0 heterocycles. The zero-order chi connectivity index (χ0) is 23.3. The fourth-order valence-electron chi connectivity index (χ4n) is 2.78. The topological polar surface area (TPSA) is 84.5 Å². The van der Waals surface area contributed by atoms with E-state index in [-0.39, 0.29) is 16.1 Å². The fourth-order valence-corrected chi connectivity index (χ4v) is 4.94. The summed E-state index contributed by atoms with van der Waals surface area (Å²) in [6, 6.07) is 18.5. The minimum absolute atomic E-state index is 0.0792. The number of methoxy groups -OCH3 is 1. The molecule has 0 aliphatic rings. The third-order valence-corrected chi connectivity index (χ3v) is 7.35. The van der Waals surface area contributed by atoms with E-state index in [0.29, 0.717) is 16.4 Å². The molecule has 32 heavy (non-hydrogen) atoms. The van der Waals surface area contributed by atoms with Gasteiger partial charge in [0.1, 0.15) is 5.75 Å². The van der Waals surface area contributed by atoms with Gasteiger partial charge in [0, 0.05) is 15.6 Å². The number of carbonyl (C=O) groups is 1. The maximum Gasteiger partial charge on any atom is 0.261 e. The van der Waals surface area contributed by atoms with Crippen molar-refractivity contribution in [1.29, 1.82) is 0 Å². The van der Waals surface area contributed by atoms with Gasteiger partial charge in [-0.15, -0.1) is 11.8 Å². The Morgan fingerprint density at radius 3 is 2.31 bits per heavy atom. The van der Waals surface area contributed by atoms with Gasteiger partial charge in [-0.2, -0.15) is 0 Å². The number of rotatable bonds is 8. The van der Waals surface area contributed by atoms with Gasteiger partial charge in [-0.3, -0.25) is 9.52 Å². The van der Waals surface area contributed by atoms with Crippen molar-refractivity contribution in [1.82, 2.24) is 0 Å². The second-order valence-electron chi connectivity index (χ2n) is 7.01. The largest absolute Gasteiger partial charge is 0.497 e. The summed E-state index contributed by atoms with van der Waals surface area (Å²) in [4.78, 5) is 13.6. The standard InChI is InChI=1S/C23H23ClN2O4S2/c1-15-4-5-17(24)14-22(15)26-32(28,29)21-12-6-18(7-13-21)25-23(27)16(2)31-20-10-8-19(30-3)9-11-20/h4-14,16,26H,1-3H3,(H,25,27)/t16-/m1/s1. The SMILES string of the molecule is COc1ccc(S[C@H](C)C(=O)Nc2ccc(S(=O)(=O)Nc3cc(Cl)ccc3C)cc2)cc1. The third-order valence-electron chi connectivity index (χ3n) is 4.62. The van der Waals surface area contributed by atoms with Crippen LogP contribution in [0.25, 0.3) is 0 Å². The smallest absolute Gasteiger partial charge is 0.261 e. The number of halogens is 1. The lowest BCUT2D eigenvalue weighted by Crippen LogP contribution is -2.22. The molecule has 9 heteroatoms. The number of nitrogens with one attached hydrogen (secondary N) is 2. The van der Waals surface area contributed by atoms with E-state index < -0.39 is 10.0 Å². The number of anilines is 2. The molecule has 0 saturated heterocycles. The van der Waals surface area contributed by atoms with Gasteiger partial charge >= 0.3 is 0 Å². The molecule has 0 aromatic heterocycles. The van der Waals surface area contributed by atoms with Gasteiger partial charge in [0.2, 0.25) is 5.91 Å². The number of amides is 1. The van der Waals surface area contributed by atoms with E-state index in [1.54, 1.807) is 51.3 Å². The molecule has 0 radical (unpaired) electrons. The van der Waals surface area contributed by atoms with Crippen LogP contribution in [0.15, 0.2) is 76.5 Å². The zero-order valence-electron chi connectivity index (χ0n) is 17.8. The summed E-state index contributed by atoms with van der Waals surface area (Å²) in [5.41, 5.74) is 1.68. The third kappa shape index (κ3) is 6.18. The van der Waals surface area contributed by atoms with E-state index in [0.717, 1.165) is 16.2 Å². The first kappa shape index (κ1) is 24.0. The Morgan fingerprint density at radius 2 is 1.69 bits per heavy atom. The Morgan fingerprint density at radius 1 is 1.03 bits per heavy atom. The Bertz CT molecular complexity index is 1200. The van der Waals surface area contributed by atoms with Gasteiger partial charge in [0.25, 0.3) is 10.0 Å². The summed E-state index contributed by atoms with van der Waals surface area (Å²) in [6.45, 7) is 3.60. The second kappa shape index (κ2) is 10.3. The van der Waals surface area contributed by atoms with Crippen LogP contribution in [-0.2, 0) is 14.8 Å². The minimum Gasteiger partial charge on any atom is -0.497 e. The number of benzene rings is 3. The van der Waals surface area contributed by atoms with Crippen LogP contribution in [0.2, 0.25) is 5.02 Å².